The van der Waals surface area contributed by atoms with Crippen molar-refractivity contribution >= 4 is 57.6 Å². The molecule has 2 aliphatic rings. The molecule has 358 valence electrons. The first-order valence-corrected chi connectivity index (χ1v) is 26.3. The minimum Gasteiger partial charge on any atom is -0.308 e. The van der Waals surface area contributed by atoms with Gasteiger partial charge in [-0.3, -0.25) is 19.9 Å². The van der Waals surface area contributed by atoms with Gasteiger partial charge in [0, 0.05) is 90.4 Å². The zero-order valence-electron chi connectivity index (χ0n) is 40.4. The standard InChI is InChI=1S/C64H40N10S2/c1-5-23-59-55(19-1)73(56-20-2-6-24-60(56)75-59)47-34-44(35-48(36-47)74-57-21-3-7-25-61(57)76-62-26-8-4-22-58(62)74)43-31-45(53-37-51(41-15-13-27-65-39-41)69-63(71-53)49-17-9-11-29-67-49)33-46(32-43)54-38-52(42-16-14-28-66-40-42)70-64(72-54)50-18-10-12-30-68-50/h1-40H. The molecule has 0 fully saturated rings. The van der Waals surface area contributed by atoms with Crippen LogP contribution < -0.4 is 9.80 Å². The lowest BCUT2D eigenvalue weighted by atomic mass is 9.94. The van der Waals surface area contributed by atoms with Crippen LogP contribution in [0.1, 0.15) is 0 Å². The van der Waals surface area contributed by atoms with E-state index in [1.54, 1.807) is 48.3 Å². The normalized spacial score (nSPS) is 12.3. The van der Waals surface area contributed by atoms with Gasteiger partial charge in [-0.05, 0) is 157 Å². The molecular formula is C64H40N10S2. The van der Waals surface area contributed by atoms with Crippen LogP contribution in [0.2, 0.25) is 0 Å². The number of hydrogen-bond donors (Lipinski definition) is 0. The molecule has 76 heavy (non-hydrogen) atoms. The lowest BCUT2D eigenvalue weighted by Gasteiger charge is -2.36. The molecule has 0 saturated carbocycles. The van der Waals surface area contributed by atoms with Crippen molar-refractivity contribution in [1.82, 2.24) is 39.9 Å². The van der Waals surface area contributed by atoms with E-state index in [0.29, 0.717) is 45.8 Å². The number of fused-ring (bicyclic) bond motifs is 4. The Morgan fingerprint density at radius 1 is 0.276 bits per heavy atom. The van der Waals surface area contributed by atoms with E-state index in [4.69, 9.17) is 29.9 Å². The lowest BCUT2D eigenvalue weighted by Crippen LogP contribution is -2.17. The second-order valence-corrected chi connectivity index (χ2v) is 20.3. The molecule has 8 heterocycles. The number of para-hydroxylation sites is 4. The fourth-order valence-corrected chi connectivity index (χ4v) is 11.9. The molecule has 0 radical (unpaired) electrons. The first-order chi connectivity index (χ1) is 37.6. The van der Waals surface area contributed by atoms with Crippen molar-refractivity contribution in [3.63, 3.8) is 0 Å². The maximum absolute atomic E-state index is 5.32. The summed E-state index contributed by atoms with van der Waals surface area (Å²) >= 11 is 3.59. The van der Waals surface area contributed by atoms with Crippen LogP contribution in [0, 0.1) is 0 Å². The number of benzene rings is 6. The van der Waals surface area contributed by atoms with E-state index in [-0.39, 0.29) is 0 Å². The zero-order chi connectivity index (χ0) is 50.4. The molecule has 2 aliphatic heterocycles. The van der Waals surface area contributed by atoms with Crippen LogP contribution >= 0.6 is 23.5 Å². The Bertz CT molecular complexity index is 3680. The highest BCUT2D eigenvalue weighted by Crippen LogP contribution is 2.55. The number of aromatic nitrogens is 8. The largest absolute Gasteiger partial charge is 0.308 e. The second kappa shape index (κ2) is 19.3. The Morgan fingerprint density at radius 2 is 0.645 bits per heavy atom. The lowest BCUT2D eigenvalue weighted by molar-refractivity contribution is 1.14. The molecule has 0 amide bonds. The topological polar surface area (TPSA) is 110 Å². The van der Waals surface area contributed by atoms with E-state index in [9.17, 15) is 0 Å². The van der Waals surface area contributed by atoms with E-state index >= 15 is 0 Å². The third kappa shape index (κ3) is 8.50. The van der Waals surface area contributed by atoms with Gasteiger partial charge in [-0.1, -0.05) is 84.2 Å². The summed E-state index contributed by atoms with van der Waals surface area (Å²) in [6.45, 7) is 0. The first kappa shape index (κ1) is 45.0. The SMILES string of the molecule is c1ccc(-c2nc(-c3cccnc3)cc(-c3cc(-c4cc(N5c6ccccc6Sc6ccccc65)cc(N5c6ccccc6Sc6ccccc65)c4)cc(-c4cc(-c5cccnc5)nc(-c5ccccn5)n4)c3)n2)nc1. The van der Waals surface area contributed by atoms with Crippen molar-refractivity contribution < 1.29 is 0 Å². The van der Waals surface area contributed by atoms with Crippen LogP contribution in [0.3, 0.4) is 0 Å². The minimum absolute atomic E-state index is 0.493. The summed E-state index contributed by atoms with van der Waals surface area (Å²) in [6.07, 6.45) is 10.7. The molecular weight excluding hydrogens is 973 g/mol. The van der Waals surface area contributed by atoms with Crippen LogP contribution in [0.15, 0.2) is 263 Å². The predicted octanol–water partition coefficient (Wildman–Crippen LogP) is 16.4. The average molecular weight is 1010 g/mol. The van der Waals surface area contributed by atoms with E-state index in [2.05, 4.69) is 153 Å². The van der Waals surface area contributed by atoms with Crippen LogP contribution in [-0.2, 0) is 0 Å². The molecule has 0 N–H and O–H groups in total. The Labute approximate surface area is 447 Å². The van der Waals surface area contributed by atoms with Crippen LogP contribution in [-0.4, -0.2) is 39.9 Å². The molecule has 0 bridgehead atoms. The number of nitrogens with zero attached hydrogens (tertiary/aromatic N) is 10. The Morgan fingerprint density at radius 3 is 1.03 bits per heavy atom. The molecule has 0 saturated heterocycles. The van der Waals surface area contributed by atoms with E-state index in [1.807, 2.05) is 85.2 Å². The average Bonchev–Trinajstić information content (AvgIpc) is 3.50. The summed E-state index contributed by atoms with van der Waals surface area (Å²) in [5.74, 6) is 0.985. The van der Waals surface area contributed by atoms with Gasteiger partial charge >= 0.3 is 0 Å². The van der Waals surface area contributed by atoms with Gasteiger partial charge in [0.25, 0.3) is 0 Å². The van der Waals surface area contributed by atoms with E-state index < -0.39 is 0 Å². The smallest absolute Gasteiger partial charge is 0.179 e. The molecule has 0 spiro atoms. The number of rotatable bonds is 9. The third-order valence-electron chi connectivity index (χ3n) is 13.3. The van der Waals surface area contributed by atoms with Gasteiger partial charge in [0.05, 0.1) is 45.5 Å². The maximum atomic E-state index is 5.32. The van der Waals surface area contributed by atoms with Gasteiger partial charge in [-0.25, -0.2) is 19.9 Å². The fourth-order valence-electron chi connectivity index (χ4n) is 9.81. The second-order valence-electron chi connectivity index (χ2n) is 18.1. The minimum atomic E-state index is 0.493. The Kier molecular flexibility index (Phi) is 11.5. The van der Waals surface area contributed by atoms with Gasteiger partial charge in [0.15, 0.2) is 11.6 Å². The van der Waals surface area contributed by atoms with Gasteiger partial charge < -0.3 is 9.80 Å². The maximum Gasteiger partial charge on any atom is 0.179 e. The molecule has 0 unspecified atom stereocenters. The summed E-state index contributed by atoms with van der Waals surface area (Å²) in [5.41, 5.74) is 15.9. The number of hydrogen-bond acceptors (Lipinski definition) is 12. The molecule has 12 heteroatoms. The molecule has 12 aromatic rings. The van der Waals surface area contributed by atoms with Crippen molar-refractivity contribution in [1.29, 1.82) is 0 Å². The zero-order valence-corrected chi connectivity index (χ0v) is 42.0. The van der Waals surface area contributed by atoms with Gasteiger partial charge in [-0.15, -0.1) is 0 Å². The molecule has 6 aromatic carbocycles. The van der Waals surface area contributed by atoms with Crippen molar-refractivity contribution in [2.45, 2.75) is 19.6 Å². The first-order valence-electron chi connectivity index (χ1n) is 24.7. The number of pyridine rings is 4. The highest BCUT2D eigenvalue weighted by molar-refractivity contribution is 8.00. The predicted molar refractivity (Wildman–Crippen MR) is 304 cm³/mol. The fraction of sp³-hybridized carbons (Fsp3) is 0. The summed E-state index contributed by atoms with van der Waals surface area (Å²) < 4.78 is 0. The van der Waals surface area contributed by atoms with Crippen LogP contribution in [0.5, 0.6) is 0 Å². The molecule has 0 aliphatic carbocycles. The van der Waals surface area contributed by atoms with Gasteiger partial charge in [0.1, 0.15) is 11.4 Å². The van der Waals surface area contributed by atoms with Crippen molar-refractivity contribution in [2.75, 3.05) is 9.80 Å². The van der Waals surface area contributed by atoms with E-state index in [1.165, 1.54) is 19.6 Å². The highest BCUT2D eigenvalue weighted by atomic mass is 32.2. The summed E-state index contributed by atoms with van der Waals surface area (Å²) in [4.78, 5) is 48.7. The molecule has 10 nitrogen and oxygen atoms in total. The van der Waals surface area contributed by atoms with Crippen molar-refractivity contribution in [3.05, 3.63) is 243 Å². The van der Waals surface area contributed by atoms with Crippen molar-refractivity contribution in [3.8, 4) is 79.2 Å². The number of anilines is 6. The third-order valence-corrected chi connectivity index (χ3v) is 15.6. The Balaban J connectivity index is 1.06. The van der Waals surface area contributed by atoms with Gasteiger partial charge in [-0.2, -0.15) is 0 Å². The van der Waals surface area contributed by atoms with Crippen molar-refractivity contribution in [2.24, 2.45) is 0 Å². The molecule has 14 rings (SSSR count). The van der Waals surface area contributed by atoms with E-state index in [0.717, 1.165) is 67.5 Å². The summed E-state index contributed by atoms with van der Waals surface area (Å²) in [7, 11) is 0. The van der Waals surface area contributed by atoms with Crippen LogP contribution in [0.25, 0.3) is 79.2 Å². The highest BCUT2D eigenvalue weighted by Gasteiger charge is 2.29. The van der Waals surface area contributed by atoms with Crippen LogP contribution in [0.4, 0.5) is 34.1 Å². The monoisotopic (exact) mass is 1010 g/mol. The summed E-state index contributed by atoms with van der Waals surface area (Å²) in [6, 6.07) is 71.7. The Hall–Kier alpha value is -9.62. The summed E-state index contributed by atoms with van der Waals surface area (Å²) in [5, 5.41) is 0. The molecule has 6 aromatic heterocycles. The van der Waals surface area contributed by atoms with Gasteiger partial charge in [0.2, 0.25) is 0 Å². The quantitative estimate of drug-likeness (QED) is 0.137. The molecule has 0 atom stereocenters.